The van der Waals surface area contributed by atoms with Gasteiger partial charge in [-0.1, -0.05) is 41.9 Å². The summed E-state index contributed by atoms with van der Waals surface area (Å²) >= 11 is 6.16. The molecule has 3 rings (SSSR count). The van der Waals surface area contributed by atoms with E-state index in [0.29, 0.717) is 37.2 Å². The molecule has 27 heavy (non-hydrogen) atoms. The van der Waals surface area contributed by atoms with Crippen molar-refractivity contribution in [1.82, 2.24) is 10.3 Å². The molecule has 0 spiro atoms. The van der Waals surface area contributed by atoms with E-state index in [1.165, 1.54) is 11.1 Å². The Hall–Kier alpha value is -2.56. The molecule has 4 nitrogen and oxygen atoms in total. The summed E-state index contributed by atoms with van der Waals surface area (Å²) in [5, 5.41) is 4.05. The zero-order valence-corrected chi connectivity index (χ0v) is 16.1. The Kier molecular flexibility index (Phi) is 7.08. The van der Waals surface area contributed by atoms with Crippen LogP contribution in [0.3, 0.4) is 0 Å². The van der Waals surface area contributed by atoms with Gasteiger partial charge >= 0.3 is 0 Å². The summed E-state index contributed by atoms with van der Waals surface area (Å²) in [7, 11) is 0. The molecule has 0 amide bonds. The predicted octanol–water partition coefficient (Wildman–Crippen LogP) is 4.79. The summed E-state index contributed by atoms with van der Waals surface area (Å²) in [4.78, 5) is 4.13. The van der Waals surface area contributed by atoms with E-state index < -0.39 is 0 Å². The number of pyridine rings is 1. The van der Waals surface area contributed by atoms with Crippen LogP contribution < -0.4 is 14.8 Å². The molecule has 0 saturated heterocycles. The van der Waals surface area contributed by atoms with Crippen LogP contribution >= 0.6 is 11.6 Å². The normalized spacial score (nSPS) is 10.6. The van der Waals surface area contributed by atoms with Gasteiger partial charge in [-0.25, -0.2) is 4.98 Å². The Balaban J connectivity index is 1.52. The van der Waals surface area contributed by atoms with Gasteiger partial charge in [-0.2, -0.15) is 0 Å². The van der Waals surface area contributed by atoms with Crippen molar-refractivity contribution >= 4 is 11.6 Å². The number of halogens is 1. The van der Waals surface area contributed by atoms with Crippen LogP contribution in [-0.2, 0) is 13.2 Å². The molecule has 1 aromatic heterocycles. The fourth-order valence-corrected chi connectivity index (χ4v) is 2.83. The smallest absolute Gasteiger partial charge is 0.213 e. The van der Waals surface area contributed by atoms with Crippen molar-refractivity contribution in [1.29, 1.82) is 0 Å². The second-order valence-electron chi connectivity index (χ2n) is 6.16. The largest absolute Gasteiger partial charge is 0.489 e. The number of rotatable bonds is 9. The summed E-state index contributed by atoms with van der Waals surface area (Å²) in [6, 6.07) is 19.5. The maximum atomic E-state index is 6.16. The molecule has 1 N–H and O–H groups in total. The summed E-state index contributed by atoms with van der Waals surface area (Å²) < 4.78 is 11.6. The van der Waals surface area contributed by atoms with Crippen LogP contribution in [0.4, 0.5) is 0 Å². The summed E-state index contributed by atoms with van der Waals surface area (Å²) in [6.07, 6.45) is 1.72. The maximum absolute atomic E-state index is 6.16. The van der Waals surface area contributed by atoms with Gasteiger partial charge in [-0.05, 0) is 42.3 Å². The number of benzene rings is 2. The third-order valence-electron chi connectivity index (χ3n) is 4.15. The molecule has 0 fully saturated rings. The molecule has 0 saturated carbocycles. The monoisotopic (exact) mass is 382 g/mol. The van der Waals surface area contributed by atoms with E-state index in [1.807, 2.05) is 48.5 Å². The standard InChI is InChI=1S/C22H23ClN2O2/c1-17-6-2-3-7-18(17)16-27-21-10-9-20(23)14-19(21)15-24-12-13-26-22-8-4-5-11-25-22/h2-11,14,24H,12-13,15-16H2,1H3. The van der Waals surface area contributed by atoms with E-state index in [2.05, 4.69) is 29.4 Å². The van der Waals surface area contributed by atoms with Crippen molar-refractivity contribution in [3.05, 3.63) is 88.6 Å². The Morgan fingerprint density at radius 1 is 0.963 bits per heavy atom. The SMILES string of the molecule is Cc1ccccc1COc1ccc(Cl)cc1CNCCOc1ccccn1. The van der Waals surface area contributed by atoms with Gasteiger partial charge in [-0.3, -0.25) is 0 Å². The topological polar surface area (TPSA) is 43.4 Å². The highest BCUT2D eigenvalue weighted by Gasteiger charge is 2.06. The third kappa shape index (κ3) is 5.98. The van der Waals surface area contributed by atoms with E-state index in [4.69, 9.17) is 21.1 Å². The lowest BCUT2D eigenvalue weighted by Crippen LogP contribution is -2.21. The first-order valence-electron chi connectivity index (χ1n) is 8.92. The Morgan fingerprint density at radius 2 is 1.81 bits per heavy atom. The lowest BCUT2D eigenvalue weighted by Gasteiger charge is -2.14. The van der Waals surface area contributed by atoms with Crippen LogP contribution in [0.15, 0.2) is 66.9 Å². The highest BCUT2D eigenvalue weighted by molar-refractivity contribution is 6.30. The number of hydrogen-bond acceptors (Lipinski definition) is 4. The number of ether oxygens (including phenoxy) is 2. The maximum Gasteiger partial charge on any atom is 0.213 e. The molecule has 140 valence electrons. The highest BCUT2D eigenvalue weighted by atomic mass is 35.5. The minimum Gasteiger partial charge on any atom is -0.489 e. The average Bonchev–Trinajstić information content (AvgIpc) is 2.69. The van der Waals surface area contributed by atoms with Crippen molar-refractivity contribution in [2.45, 2.75) is 20.1 Å². The second kappa shape index (κ2) is 9.95. The second-order valence-corrected chi connectivity index (χ2v) is 6.60. The first kappa shape index (κ1) is 19.2. The first-order chi connectivity index (χ1) is 13.2. The predicted molar refractivity (Wildman–Crippen MR) is 108 cm³/mol. The molecule has 3 aromatic rings. The van der Waals surface area contributed by atoms with Crippen molar-refractivity contribution in [3.8, 4) is 11.6 Å². The molecular formula is C22H23ClN2O2. The van der Waals surface area contributed by atoms with E-state index >= 15 is 0 Å². The van der Waals surface area contributed by atoms with Gasteiger partial charge in [0.25, 0.3) is 0 Å². The van der Waals surface area contributed by atoms with Gasteiger partial charge in [-0.15, -0.1) is 0 Å². The van der Waals surface area contributed by atoms with E-state index in [0.717, 1.165) is 11.3 Å². The Labute approximate surface area is 165 Å². The number of nitrogens with zero attached hydrogens (tertiary/aromatic N) is 1. The molecule has 2 aromatic carbocycles. The molecule has 0 aliphatic rings. The number of aryl methyl sites for hydroxylation is 1. The number of aromatic nitrogens is 1. The van der Waals surface area contributed by atoms with Gasteiger partial charge in [0.15, 0.2) is 0 Å². The van der Waals surface area contributed by atoms with Gasteiger partial charge < -0.3 is 14.8 Å². The van der Waals surface area contributed by atoms with Crippen molar-refractivity contribution in [3.63, 3.8) is 0 Å². The van der Waals surface area contributed by atoms with Crippen LogP contribution in [0.2, 0.25) is 5.02 Å². The molecule has 0 bridgehead atoms. The molecule has 0 aliphatic heterocycles. The lowest BCUT2D eigenvalue weighted by molar-refractivity contribution is 0.294. The number of nitrogens with one attached hydrogen (secondary N) is 1. The summed E-state index contributed by atoms with van der Waals surface area (Å²) in [5.41, 5.74) is 3.42. The van der Waals surface area contributed by atoms with Crippen LogP contribution in [0.25, 0.3) is 0 Å². The first-order valence-corrected chi connectivity index (χ1v) is 9.30. The van der Waals surface area contributed by atoms with Crippen molar-refractivity contribution in [2.75, 3.05) is 13.2 Å². The average molecular weight is 383 g/mol. The fraction of sp³-hybridized carbons (Fsp3) is 0.227. The quantitative estimate of drug-likeness (QED) is 0.540. The molecule has 0 aliphatic carbocycles. The van der Waals surface area contributed by atoms with Crippen LogP contribution in [0.1, 0.15) is 16.7 Å². The van der Waals surface area contributed by atoms with Gasteiger partial charge in [0.2, 0.25) is 5.88 Å². The molecule has 0 atom stereocenters. The van der Waals surface area contributed by atoms with Crippen LogP contribution in [-0.4, -0.2) is 18.1 Å². The summed E-state index contributed by atoms with van der Waals surface area (Å²) in [5.74, 6) is 1.46. The fourth-order valence-electron chi connectivity index (χ4n) is 2.64. The van der Waals surface area contributed by atoms with Crippen molar-refractivity contribution < 1.29 is 9.47 Å². The molecule has 0 radical (unpaired) electrons. The van der Waals surface area contributed by atoms with E-state index in [9.17, 15) is 0 Å². The summed E-state index contributed by atoms with van der Waals surface area (Å²) in [6.45, 7) is 4.50. The van der Waals surface area contributed by atoms with E-state index in [1.54, 1.807) is 6.20 Å². The highest BCUT2D eigenvalue weighted by Crippen LogP contribution is 2.24. The third-order valence-corrected chi connectivity index (χ3v) is 4.38. The zero-order chi connectivity index (χ0) is 18.9. The van der Waals surface area contributed by atoms with Crippen LogP contribution in [0, 0.1) is 6.92 Å². The molecule has 1 heterocycles. The van der Waals surface area contributed by atoms with Crippen LogP contribution in [0.5, 0.6) is 11.6 Å². The lowest BCUT2D eigenvalue weighted by atomic mass is 10.1. The van der Waals surface area contributed by atoms with E-state index in [-0.39, 0.29) is 0 Å². The zero-order valence-electron chi connectivity index (χ0n) is 15.3. The van der Waals surface area contributed by atoms with Gasteiger partial charge in [0.05, 0.1) is 0 Å². The molecule has 5 heteroatoms. The molecule has 0 unspecified atom stereocenters. The van der Waals surface area contributed by atoms with Crippen molar-refractivity contribution in [2.24, 2.45) is 0 Å². The Bertz CT molecular complexity index is 856. The Morgan fingerprint density at radius 3 is 2.63 bits per heavy atom. The number of hydrogen-bond donors (Lipinski definition) is 1. The molecular weight excluding hydrogens is 360 g/mol. The van der Waals surface area contributed by atoms with Gasteiger partial charge in [0.1, 0.15) is 19.0 Å². The van der Waals surface area contributed by atoms with Gasteiger partial charge in [0, 0.05) is 35.9 Å². The minimum atomic E-state index is 0.532. The minimum absolute atomic E-state index is 0.532.